The number of rotatable bonds is 6. The summed E-state index contributed by atoms with van der Waals surface area (Å²) in [7, 11) is -3.51. The summed E-state index contributed by atoms with van der Waals surface area (Å²) >= 11 is 2.01. The summed E-state index contributed by atoms with van der Waals surface area (Å²) in [4.78, 5) is -0.233. The minimum Gasteiger partial charge on any atom is -0.307 e. The van der Waals surface area contributed by atoms with Gasteiger partial charge in [-0.15, -0.1) is 0 Å². The Balaban J connectivity index is 2.02. The molecule has 2 rings (SSSR count). The van der Waals surface area contributed by atoms with Crippen LogP contribution in [0.25, 0.3) is 0 Å². The highest BCUT2D eigenvalue weighted by molar-refractivity contribution is 7.99. The zero-order valence-corrected chi connectivity index (χ0v) is 14.9. The molecule has 1 aliphatic rings. The van der Waals surface area contributed by atoms with Crippen LogP contribution in [0.2, 0.25) is 0 Å². The van der Waals surface area contributed by atoms with Gasteiger partial charge >= 0.3 is 0 Å². The van der Waals surface area contributed by atoms with Gasteiger partial charge in [0.2, 0.25) is 0 Å². The molecule has 1 fully saturated rings. The van der Waals surface area contributed by atoms with Crippen LogP contribution in [0, 0.1) is 5.82 Å². The van der Waals surface area contributed by atoms with Gasteiger partial charge < -0.3 is 5.32 Å². The molecule has 0 saturated heterocycles. The van der Waals surface area contributed by atoms with Crippen molar-refractivity contribution in [1.29, 1.82) is 0 Å². The Hall–Kier alpha value is -0.590. The average molecular weight is 346 g/mol. The van der Waals surface area contributed by atoms with Gasteiger partial charge in [0.05, 0.1) is 0 Å². The first-order valence-electron chi connectivity index (χ1n) is 7.68. The fourth-order valence-corrected chi connectivity index (χ4v) is 4.89. The second-order valence-corrected chi connectivity index (χ2v) is 9.50. The molecule has 1 saturated carbocycles. The molecule has 124 valence electrons. The van der Waals surface area contributed by atoms with Crippen molar-refractivity contribution in [3.63, 3.8) is 0 Å². The molecule has 3 nitrogen and oxygen atoms in total. The zero-order chi connectivity index (χ0) is 16.3. The third-order valence-corrected chi connectivity index (χ3v) is 6.49. The van der Waals surface area contributed by atoms with E-state index in [9.17, 15) is 12.8 Å². The third kappa shape index (κ3) is 4.46. The molecule has 0 spiro atoms. The molecule has 1 aromatic rings. The average Bonchev–Trinajstić information content (AvgIpc) is 2.85. The lowest BCUT2D eigenvalue weighted by atomic mass is 10.1. The van der Waals surface area contributed by atoms with Crippen molar-refractivity contribution in [1.82, 2.24) is 5.32 Å². The molecular formula is C16H24FNO2S2. The Bertz CT molecular complexity index is 619. The smallest absolute Gasteiger partial charge is 0.178 e. The summed E-state index contributed by atoms with van der Waals surface area (Å²) in [5.74, 6) is 0.477. The highest BCUT2D eigenvalue weighted by Gasteiger charge is 2.26. The fourth-order valence-electron chi connectivity index (χ4n) is 3.02. The van der Waals surface area contributed by atoms with E-state index in [1.54, 1.807) is 6.07 Å². The third-order valence-electron chi connectivity index (χ3n) is 4.13. The maximum Gasteiger partial charge on any atom is 0.178 e. The summed E-state index contributed by atoms with van der Waals surface area (Å²) in [6.45, 7) is 4.18. The zero-order valence-electron chi connectivity index (χ0n) is 13.3. The van der Waals surface area contributed by atoms with Crippen LogP contribution in [0.1, 0.15) is 44.7 Å². The number of hydrogen-bond acceptors (Lipinski definition) is 4. The molecule has 1 aromatic carbocycles. The van der Waals surface area contributed by atoms with Crippen molar-refractivity contribution >= 4 is 21.6 Å². The second kappa shape index (κ2) is 7.32. The summed E-state index contributed by atoms with van der Waals surface area (Å²) in [5.41, 5.74) is 0.788. The summed E-state index contributed by atoms with van der Waals surface area (Å²) in [6, 6.07) is 4.86. The molecule has 3 unspecified atom stereocenters. The van der Waals surface area contributed by atoms with E-state index in [0.29, 0.717) is 6.04 Å². The van der Waals surface area contributed by atoms with E-state index in [4.69, 9.17) is 0 Å². The number of thioether (sulfide) groups is 1. The van der Waals surface area contributed by atoms with Crippen molar-refractivity contribution in [2.75, 3.05) is 12.0 Å². The predicted octanol–water partition coefficient (Wildman–Crippen LogP) is 3.55. The minimum atomic E-state index is -3.51. The van der Waals surface area contributed by atoms with Crippen LogP contribution in [0.15, 0.2) is 23.1 Å². The van der Waals surface area contributed by atoms with Gasteiger partial charge in [0.1, 0.15) is 10.7 Å². The van der Waals surface area contributed by atoms with E-state index in [1.165, 1.54) is 18.6 Å². The van der Waals surface area contributed by atoms with Crippen molar-refractivity contribution in [3.05, 3.63) is 29.6 Å². The Morgan fingerprint density at radius 3 is 2.73 bits per heavy atom. The Kier molecular flexibility index (Phi) is 5.91. The molecular weight excluding hydrogens is 321 g/mol. The maximum absolute atomic E-state index is 14.0. The molecule has 0 heterocycles. The summed E-state index contributed by atoms with van der Waals surface area (Å²) in [6.07, 6.45) is 4.54. The van der Waals surface area contributed by atoms with Gasteiger partial charge in [-0.2, -0.15) is 11.8 Å². The van der Waals surface area contributed by atoms with Gasteiger partial charge in [0, 0.05) is 23.6 Å². The van der Waals surface area contributed by atoms with Crippen LogP contribution in [0.3, 0.4) is 0 Å². The van der Waals surface area contributed by atoms with Crippen molar-refractivity contribution in [2.45, 2.75) is 55.3 Å². The van der Waals surface area contributed by atoms with Crippen LogP contribution in [0.5, 0.6) is 0 Å². The highest BCUT2D eigenvalue weighted by atomic mass is 32.2. The maximum atomic E-state index is 14.0. The minimum absolute atomic E-state index is 0.0125. The lowest BCUT2D eigenvalue weighted by Crippen LogP contribution is -2.29. The summed E-state index contributed by atoms with van der Waals surface area (Å²) < 4.78 is 36.9. The van der Waals surface area contributed by atoms with Crippen LogP contribution in [-0.4, -0.2) is 31.7 Å². The highest BCUT2D eigenvalue weighted by Crippen LogP contribution is 2.31. The van der Waals surface area contributed by atoms with Crippen LogP contribution < -0.4 is 5.32 Å². The fraction of sp³-hybridized carbons (Fsp3) is 0.625. The molecule has 0 bridgehead atoms. The molecule has 0 aliphatic heterocycles. The summed E-state index contributed by atoms with van der Waals surface area (Å²) in [5, 5.41) is 4.26. The first-order valence-corrected chi connectivity index (χ1v) is 10.6. The van der Waals surface area contributed by atoms with Crippen LogP contribution >= 0.6 is 11.8 Å². The van der Waals surface area contributed by atoms with Gasteiger partial charge in [-0.25, -0.2) is 12.8 Å². The molecule has 0 radical (unpaired) electrons. The van der Waals surface area contributed by atoms with Gasteiger partial charge in [0.15, 0.2) is 9.84 Å². The topological polar surface area (TPSA) is 46.2 Å². The largest absolute Gasteiger partial charge is 0.307 e. The SMILES string of the molecule is CCSC1CCC(NC(C)c2ccc(S(C)(=O)=O)c(F)c2)C1. The van der Waals surface area contributed by atoms with Crippen LogP contribution in [0.4, 0.5) is 4.39 Å². The second-order valence-electron chi connectivity index (χ2n) is 5.94. The molecule has 1 aliphatic carbocycles. The van der Waals surface area contributed by atoms with Crippen molar-refractivity contribution in [2.24, 2.45) is 0 Å². The Morgan fingerprint density at radius 2 is 2.14 bits per heavy atom. The number of nitrogens with one attached hydrogen (secondary N) is 1. The van der Waals surface area contributed by atoms with Gasteiger partial charge in [-0.1, -0.05) is 13.0 Å². The molecule has 6 heteroatoms. The van der Waals surface area contributed by atoms with E-state index < -0.39 is 15.7 Å². The molecule has 22 heavy (non-hydrogen) atoms. The lowest BCUT2D eigenvalue weighted by molar-refractivity contribution is 0.459. The van der Waals surface area contributed by atoms with E-state index in [1.807, 2.05) is 18.7 Å². The monoisotopic (exact) mass is 345 g/mol. The van der Waals surface area contributed by atoms with E-state index in [0.717, 1.165) is 35.7 Å². The quantitative estimate of drug-likeness (QED) is 0.856. The molecule has 0 amide bonds. The number of sulfone groups is 1. The van der Waals surface area contributed by atoms with E-state index in [2.05, 4.69) is 12.2 Å². The van der Waals surface area contributed by atoms with Gasteiger partial charge in [-0.05, 0) is 49.6 Å². The van der Waals surface area contributed by atoms with E-state index in [-0.39, 0.29) is 10.9 Å². The Morgan fingerprint density at radius 1 is 1.41 bits per heavy atom. The number of halogens is 1. The standard InChI is InChI=1S/C16H24FNO2S2/c1-4-21-14-7-6-13(10-14)18-11(2)12-5-8-16(15(17)9-12)22(3,19)20/h5,8-9,11,13-14,18H,4,6-7,10H2,1-3H3. The number of hydrogen-bond donors (Lipinski definition) is 1. The normalized spacial score (nSPS) is 23.6. The van der Waals surface area contributed by atoms with Crippen molar-refractivity contribution in [3.8, 4) is 0 Å². The number of benzene rings is 1. The molecule has 3 atom stereocenters. The van der Waals surface area contributed by atoms with Crippen molar-refractivity contribution < 1.29 is 12.8 Å². The lowest BCUT2D eigenvalue weighted by Gasteiger charge is -2.20. The first kappa shape index (κ1) is 17.8. The first-order chi connectivity index (χ1) is 10.3. The molecule has 0 aromatic heterocycles. The van der Waals surface area contributed by atoms with Crippen LogP contribution in [-0.2, 0) is 9.84 Å². The van der Waals surface area contributed by atoms with Gasteiger partial charge in [0.25, 0.3) is 0 Å². The Labute approximate surface area is 137 Å². The van der Waals surface area contributed by atoms with E-state index >= 15 is 0 Å². The van der Waals surface area contributed by atoms with Gasteiger partial charge in [-0.3, -0.25) is 0 Å². The molecule has 1 N–H and O–H groups in total. The predicted molar refractivity (Wildman–Crippen MR) is 90.6 cm³/mol.